The van der Waals surface area contributed by atoms with E-state index < -0.39 is 0 Å². The highest BCUT2D eigenvalue weighted by molar-refractivity contribution is 5.99. The predicted octanol–water partition coefficient (Wildman–Crippen LogP) is 2.98. The normalized spacial score (nSPS) is 12.4. The molecule has 1 heterocycles. The van der Waals surface area contributed by atoms with Crippen LogP contribution in [0.3, 0.4) is 0 Å². The van der Waals surface area contributed by atoms with Gasteiger partial charge < -0.3 is 14.4 Å². The molecule has 25 heavy (non-hydrogen) atoms. The van der Waals surface area contributed by atoms with E-state index in [1.807, 2.05) is 56.1 Å². The summed E-state index contributed by atoms with van der Waals surface area (Å²) in [5.74, 6) is 0.841. The van der Waals surface area contributed by atoms with Crippen LogP contribution in [0.25, 0.3) is 0 Å². The van der Waals surface area contributed by atoms with Crippen molar-refractivity contribution in [2.24, 2.45) is 0 Å². The number of aryl methyl sites for hydroxylation is 1. The van der Waals surface area contributed by atoms with Gasteiger partial charge in [-0.3, -0.25) is 9.69 Å². The predicted molar refractivity (Wildman–Crippen MR) is 99.4 cm³/mol. The number of rotatable bonds is 8. The van der Waals surface area contributed by atoms with Crippen LogP contribution in [0.5, 0.6) is 5.75 Å². The third kappa shape index (κ3) is 4.11. The fourth-order valence-electron chi connectivity index (χ4n) is 3.32. The molecule has 1 aromatic carbocycles. The lowest BCUT2D eigenvalue weighted by molar-refractivity contribution is 0.0874. The maximum absolute atomic E-state index is 12.8. The smallest absolute Gasteiger partial charge is 0.178 e. The summed E-state index contributed by atoms with van der Waals surface area (Å²) in [7, 11) is 3.48. The van der Waals surface area contributed by atoms with Gasteiger partial charge in [0.05, 0.1) is 26.3 Å². The number of methoxy groups -OCH3 is 1. The molecule has 5 nitrogen and oxygen atoms in total. The van der Waals surface area contributed by atoms with Crippen LogP contribution < -0.4 is 4.74 Å². The van der Waals surface area contributed by atoms with E-state index in [0.717, 1.165) is 34.8 Å². The highest BCUT2D eigenvalue weighted by Gasteiger charge is 2.22. The van der Waals surface area contributed by atoms with Crippen LogP contribution in [-0.4, -0.2) is 47.7 Å². The number of likely N-dealkylation sites (N-methyl/N-ethyl adjacent to an activating group) is 1. The van der Waals surface area contributed by atoms with Gasteiger partial charge in [0.15, 0.2) is 5.78 Å². The average Bonchev–Trinajstić information content (AvgIpc) is 2.90. The lowest BCUT2D eigenvalue weighted by atomic mass is 10.0. The van der Waals surface area contributed by atoms with Crippen LogP contribution in [-0.2, 0) is 6.54 Å². The van der Waals surface area contributed by atoms with Gasteiger partial charge >= 0.3 is 0 Å². The quantitative estimate of drug-likeness (QED) is 0.748. The first-order chi connectivity index (χ1) is 11.9. The summed E-state index contributed by atoms with van der Waals surface area (Å²) in [5, 5.41) is 9.81. The second kappa shape index (κ2) is 8.32. The first-order valence-electron chi connectivity index (χ1n) is 8.57. The number of benzene rings is 1. The molecule has 0 bridgehead atoms. The maximum Gasteiger partial charge on any atom is 0.178 e. The van der Waals surface area contributed by atoms with E-state index in [-0.39, 0.29) is 25.0 Å². The zero-order valence-corrected chi connectivity index (χ0v) is 15.7. The molecule has 1 unspecified atom stereocenters. The van der Waals surface area contributed by atoms with Crippen LogP contribution in [0.1, 0.15) is 40.3 Å². The van der Waals surface area contributed by atoms with E-state index in [1.165, 1.54) is 0 Å². The van der Waals surface area contributed by atoms with Gasteiger partial charge in [0.1, 0.15) is 5.75 Å². The Morgan fingerprint density at radius 3 is 2.40 bits per heavy atom. The number of nitrogens with zero attached hydrogens (tertiary/aromatic N) is 2. The van der Waals surface area contributed by atoms with Gasteiger partial charge in [0, 0.05) is 23.5 Å². The molecule has 0 fully saturated rings. The number of hydrogen-bond donors (Lipinski definition) is 1. The first-order valence-corrected chi connectivity index (χ1v) is 8.57. The van der Waals surface area contributed by atoms with Crippen LogP contribution in [0, 0.1) is 13.8 Å². The topological polar surface area (TPSA) is 54.7 Å². The van der Waals surface area contributed by atoms with E-state index >= 15 is 0 Å². The van der Waals surface area contributed by atoms with Gasteiger partial charge in [0.2, 0.25) is 0 Å². The summed E-state index contributed by atoms with van der Waals surface area (Å²) < 4.78 is 7.31. The molecule has 0 radical (unpaired) electrons. The first kappa shape index (κ1) is 19.2. The SMILES string of the molecule is CCn1c(C)cc(C(=O)CN(C)C(CO)c2ccc(OC)cc2)c1C. The van der Waals surface area contributed by atoms with Crippen molar-refractivity contribution in [3.63, 3.8) is 0 Å². The molecule has 0 amide bonds. The summed E-state index contributed by atoms with van der Waals surface area (Å²) in [6.45, 7) is 7.13. The molecule has 136 valence electrons. The molecule has 2 rings (SSSR count). The number of Topliss-reactive ketones (excluding diaryl/α,β-unsaturated/α-hetero) is 1. The second-order valence-corrected chi connectivity index (χ2v) is 6.34. The van der Waals surface area contributed by atoms with Gasteiger partial charge in [-0.05, 0) is 51.6 Å². The number of carbonyl (C=O) groups excluding carboxylic acids is 1. The van der Waals surface area contributed by atoms with Crippen molar-refractivity contribution in [1.82, 2.24) is 9.47 Å². The molecule has 1 atom stereocenters. The van der Waals surface area contributed by atoms with E-state index in [0.29, 0.717) is 0 Å². The number of carbonyl (C=O) groups is 1. The minimum atomic E-state index is -0.232. The van der Waals surface area contributed by atoms with Crippen molar-refractivity contribution in [3.8, 4) is 5.75 Å². The van der Waals surface area contributed by atoms with Gasteiger partial charge in [0.25, 0.3) is 0 Å². The third-order valence-electron chi connectivity index (χ3n) is 4.79. The van der Waals surface area contributed by atoms with Crippen LogP contribution in [0.15, 0.2) is 30.3 Å². The summed E-state index contributed by atoms with van der Waals surface area (Å²) in [5.41, 5.74) is 3.82. The zero-order valence-electron chi connectivity index (χ0n) is 15.7. The van der Waals surface area contributed by atoms with Gasteiger partial charge in [-0.15, -0.1) is 0 Å². The minimum absolute atomic E-state index is 0.0515. The third-order valence-corrected chi connectivity index (χ3v) is 4.79. The zero-order chi connectivity index (χ0) is 18.6. The van der Waals surface area contributed by atoms with Crippen LogP contribution in [0.2, 0.25) is 0 Å². The van der Waals surface area contributed by atoms with Crippen molar-refractivity contribution >= 4 is 5.78 Å². The van der Waals surface area contributed by atoms with Crippen LogP contribution in [0.4, 0.5) is 0 Å². The number of hydrogen-bond acceptors (Lipinski definition) is 4. The summed E-state index contributed by atoms with van der Waals surface area (Å²) in [6.07, 6.45) is 0. The molecule has 0 aliphatic carbocycles. The Kier molecular flexibility index (Phi) is 6.39. The second-order valence-electron chi connectivity index (χ2n) is 6.34. The molecule has 1 N–H and O–H groups in total. The summed E-state index contributed by atoms with van der Waals surface area (Å²) >= 11 is 0. The fourth-order valence-corrected chi connectivity index (χ4v) is 3.32. The van der Waals surface area contributed by atoms with E-state index in [2.05, 4.69) is 11.5 Å². The Morgan fingerprint density at radius 1 is 1.28 bits per heavy atom. The number of ether oxygens (including phenoxy) is 1. The van der Waals surface area contributed by atoms with Crippen LogP contribution >= 0.6 is 0 Å². The number of ketones is 1. The lowest BCUT2D eigenvalue weighted by Crippen LogP contribution is -2.32. The van der Waals surface area contributed by atoms with E-state index in [9.17, 15) is 9.90 Å². The lowest BCUT2D eigenvalue weighted by Gasteiger charge is -2.26. The Balaban J connectivity index is 2.15. The molecular formula is C20H28N2O3. The standard InChI is InChI=1S/C20H28N2O3/c1-6-22-14(2)11-18(15(22)3)20(24)12-21(4)19(13-23)16-7-9-17(25-5)10-8-16/h7-11,19,23H,6,12-13H2,1-5H3. The molecular weight excluding hydrogens is 316 g/mol. The Morgan fingerprint density at radius 2 is 1.92 bits per heavy atom. The maximum atomic E-state index is 12.8. The Bertz CT molecular complexity index is 719. The number of aliphatic hydroxyl groups is 1. The molecule has 0 saturated carbocycles. The van der Waals surface area contributed by atoms with Gasteiger partial charge in [-0.2, -0.15) is 0 Å². The van der Waals surface area contributed by atoms with Crippen molar-refractivity contribution < 1.29 is 14.6 Å². The van der Waals surface area contributed by atoms with Gasteiger partial charge in [-0.1, -0.05) is 12.1 Å². The van der Waals surface area contributed by atoms with Gasteiger partial charge in [-0.25, -0.2) is 0 Å². The Hall–Kier alpha value is -2.11. The van der Waals surface area contributed by atoms with Crippen molar-refractivity contribution in [2.45, 2.75) is 33.4 Å². The monoisotopic (exact) mass is 344 g/mol. The largest absolute Gasteiger partial charge is 0.497 e. The van der Waals surface area contributed by atoms with Crippen molar-refractivity contribution in [1.29, 1.82) is 0 Å². The molecule has 1 aromatic heterocycles. The molecule has 0 spiro atoms. The van der Waals surface area contributed by atoms with Crippen molar-refractivity contribution in [3.05, 3.63) is 52.8 Å². The minimum Gasteiger partial charge on any atom is -0.497 e. The van der Waals surface area contributed by atoms with E-state index in [4.69, 9.17) is 4.74 Å². The van der Waals surface area contributed by atoms with E-state index in [1.54, 1.807) is 7.11 Å². The Labute approximate surface area is 149 Å². The molecule has 0 aliphatic heterocycles. The number of aromatic nitrogens is 1. The summed E-state index contributed by atoms with van der Waals surface area (Å²) in [4.78, 5) is 14.6. The average molecular weight is 344 g/mol. The molecule has 0 saturated heterocycles. The highest BCUT2D eigenvalue weighted by Crippen LogP contribution is 2.23. The molecule has 2 aromatic rings. The molecule has 0 aliphatic rings. The number of aliphatic hydroxyl groups excluding tert-OH is 1. The van der Waals surface area contributed by atoms with Crippen molar-refractivity contribution in [2.75, 3.05) is 27.3 Å². The summed E-state index contributed by atoms with van der Waals surface area (Å²) in [6, 6.07) is 9.29. The molecule has 5 heteroatoms. The highest BCUT2D eigenvalue weighted by atomic mass is 16.5. The fraction of sp³-hybridized carbons (Fsp3) is 0.450.